The van der Waals surface area contributed by atoms with Gasteiger partial charge in [-0.2, -0.15) is 10.2 Å². The highest BCUT2D eigenvalue weighted by Crippen LogP contribution is 2.24. The van der Waals surface area contributed by atoms with E-state index in [0.29, 0.717) is 11.5 Å². The number of anilines is 1. The summed E-state index contributed by atoms with van der Waals surface area (Å²) in [4.78, 5) is 12.4. The molecule has 3 aromatic rings. The Morgan fingerprint density at radius 1 is 1.21 bits per heavy atom. The molecule has 0 aliphatic carbocycles. The van der Waals surface area contributed by atoms with E-state index in [1.807, 2.05) is 6.92 Å². The molecule has 1 amide bonds. The zero-order chi connectivity index (χ0) is 21.4. The lowest BCUT2D eigenvalue weighted by atomic mass is 9.87. The van der Waals surface area contributed by atoms with E-state index < -0.39 is 10.0 Å². The molecular formula is C19H26N6O3S. The second-order valence-corrected chi connectivity index (χ2v) is 9.74. The third-order valence-electron chi connectivity index (χ3n) is 4.65. The van der Waals surface area contributed by atoms with Gasteiger partial charge in [-0.25, -0.2) is 17.8 Å². The monoisotopic (exact) mass is 418 g/mol. The number of nitrogens with one attached hydrogen (secondary N) is 3. The van der Waals surface area contributed by atoms with Gasteiger partial charge in [-0.1, -0.05) is 32.9 Å². The molecule has 2 heterocycles. The number of rotatable bonds is 6. The number of hydrogen-bond acceptors (Lipinski definition) is 5. The zero-order valence-corrected chi connectivity index (χ0v) is 18.0. The Kier molecular flexibility index (Phi) is 5.50. The highest BCUT2D eigenvalue weighted by atomic mass is 32.2. The predicted octanol–water partition coefficient (Wildman–Crippen LogP) is 2.21. The quantitative estimate of drug-likeness (QED) is 0.567. The zero-order valence-electron chi connectivity index (χ0n) is 17.2. The van der Waals surface area contributed by atoms with Crippen LogP contribution < -0.4 is 10.0 Å². The maximum absolute atomic E-state index is 12.4. The van der Waals surface area contributed by atoms with Gasteiger partial charge in [-0.3, -0.25) is 9.89 Å². The Morgan fingerprint density at radius 3 is 2.48 bits per heavy atom. The smallest absolute Gasteiger partial charge is 0.240 e. The number of carbonyl (C=O) groups is 1. The van der Waals surface area contributed by atoms with Gasteiger partial charge in [0.25, 0.3) is 0 Å². The number of fused-ring (bicyclic) bond motifs is 1. The average Bonchev–Trinajstić information content (AvgIpc) is 3.16. The first-order valence-corrected chi connectivity index (χ1v) is 10.7. The summed E-state index contributed by atoms with van der Waals surface area (Å²) in [5, 5.41) is 14.6. The molecule has 0 aliphatic rings. The van der Waals surface area contributed by atoms with E-state index in [1.54, 1.807) is 36.0 Å². The van der Waals surface area contributed by atoms with Crippen molar-refractivity contribution < 1.29 is 13.2 Å². The molecule has 0 fully saturated rings. The second-order valence-electron chi connectivity index (χ2n) is 7.98. The Hall–Kier alpha value is -2.72. The van der Waals surface area contributed by atoms with Gasteiger partial charge in [0.05, 0.1) is 16.0 Å². The van der Waals surface area contributed by atoms with Crippen molar-refractivity contribution in [3.8, 4) is 0 Å². The minimum absolute atomic E-state index is 0.0148. The molecule has 0 saturated heterocycles. The van der Waals surface area contributed by atoms with Gasteiger partial charge in [0.1, 0.15) is 5.82 Å². The first-order chi connectivity index (χ1) is 13.5. The molecule has 29 heavy (non-hydrogen) atoms. The molecule has 0 radical (unpaired) electrons. The average molecular weight is 419 g/mol. The maximum atomic E-state index is 12.4. The fourth-order valence-electron chi connectivity index (χ4n) is 3.04. The third-order valence-corrected chi connectivity index (χ3v) is 6.13. The van der Waals surface area contributed by atoms with Crippen molar-refractivity contribution in [3.05, 3.63) is 35.5 Å². The number of benzene rings is 1. The van der Waals surface area contributed by atoms with Crippen molar-refractivity contribution in [3.63, 3.8) is 0 Å². The van der Waals surface area contributed by atoms with Gasteiger partial charge in [-0.15, -0.1) is 0 Å². The number of aromatic nitrogens is 4. The van der Waals surface area contributed by atoms with E-state index in [-0.39, 0.29) is 29.2 Å². The van der Waals surface area contributed by atoms with Crippen LogP contribution in [-0.4, -0.2) is 40.8 Å². The van der Waals surface area contributed by atoms with Crippen molar-refractivity contribution in [1.29, 1.82) is 0 Å². The highest BCUT2D eigenvalue weighted by molar-refractivity contribution is 7.89. The third kappa shape index (κ3) is 4.48. The molecule has 0 aliphatic heterocycles. The summed E-state index contributed by atoms with van der Waals surface area (Å²) in [5.74, 6) is 0.126. The number of aromatic amines is 1. The van der Waals surface area contributed by atoms with Crippen LogP contribution in [0.15, 0.2) is 29.2 Å². The standard InChI is InChI=1S/C19H26N6O3S/c1-12-16-17(22-23-18(16)25(5)24-12)21-15(26)10-11-20-29(27,28)14-8-6-13(7-9-14)19(2,3)4/h6-9,20H,10-11H2,1-5H3,(H2,21,22,23,26). The number of aryl methyl sites for hydroxylation is 2. The minimum Gasteiger partial charge on any atom is -0.310 e. The van der Waals surface area contributed by atoms with Crippen LogP contribution in [0, 0.1) is 6.92 Å². The second kappa shape index (κ2) is 7.60. The topological polar surface area (TPSA) is 122 Å². The first kappa shape index (κ1) is 21.0. The Labute approximate surface area is 169 Å². The lowest BCUT2D eigenvalue weighted by Gasteiger charge is -2.19. The minimum atomic E-state index is -3.68. The van der Waals surface area contributed by atoms with Crippen LogP contribution >= 0.6 is 0 Å². The van der Waals surface area contributed by atoms with Crippen LogP contribution in [0.3, 0.4) is 0 Å². The lowest BCUT2D eigenvalue weighted by molar-refractivity contribution is -0.116. The molecular weight excluding hydrogens is 392 g/mol. The van der Waals surface area contributed by atoms with E-state index in [4.69, 9.17) is 0 Å². The number of carbonyl (C=O) groups excluding carboxylic acids is 1. The lowest BCUT2D eigenvalue weighted by Crippen LogP contribution is -2.28. The fourth-order valence-corrected chi connectivity index (χ4v) is 4.07. The van der Waals surface area contributed by atoms with Crippen LogP contribution in [0.2, 0.25) is 0 Å². The Bertz CT molecular complexity index is 1140. The molecule has 3 N–H and O–H groups in total. The molecule has 156 valence electrons. The number of sulfonamides is 1. The van der Waals surface area contributed by atoms with Crippen LogP contribution in [-0.2, 0) is 27.3 Å². The van der Waals surface area contributed by atoms with E-state index in [9.17, 15) is 13.2 Å². The maximum Gasteiger partial charge on any atom is 0.240 e. The molecule has 10 heteroatoms. The van der Waals surface area contributed by atoms with Crippen LogP contribution in [0.25, 0.3) is 11.0 Å². The number of H-pyrrole nitrogens is 1. The normalized spacial score (nSPS) is 12.4. The number of nitrogens with zero attached hydrogens (tertiary/aromatic N) is 3. The summed E-state index contributed by atoms with van der Waals surface area (Å²) < 4.78 is 29.0. The van der Waals surface area contributed by atoms with E-state index in [1.165, 1.54) is 0 Å². The first-order valence-electron chi connectivity index (χ1n) is 9.27. The van der Waals surface area contributed by atoms with Crippen molar-refractivity contribution in [2.24, 2.45) is 7.05 Å². The largest absolute Gasteiger partial charge is 0.310 e. The summed E-state index contributed by atoms with van der Waals surface area (Å²) >= 11 is 0. The van der Waals surface area contributed by atoms with E-state index in [0.717, 1.165) is 16.6 Å². The molecule has 3 rings (SSSR count). The van der Waals surface area contributed by atoms with E-state index in [2.05, 4.69) is 46.1 Å². The van der Waals surface area contributed by atoms with Crippen molar-refractivity contribution in [2.45, 2.75) is 44.4 Å². The molecule has 0 saturated carbocycles. The van der Waals surface area contributed by atoms with Gasteiger partial charge < -0.3 is 5.32 Å². The van der Waals surface area contributed by atoms with Crippen molar-refractivity contribution >= 4 is 32.8 Å². The van der Waals surface area contributed by atoms with Crippen molar-refractivity contribution in [1.82, 2.24) is 24.7 Å². The Morgan fingerprint density at radius 2 is 1.86 bits per heavy atom. The molecule has 0 atom stereocenters. The summed E-state index contributed by atoms with van der Waals surface area (Å²) in [6, 6.07) is 6.77. The van der Waals surface area contributed by atoms with Gasteiger partial charge in [0.15, 0.2) is 5.65 Å². The SMILES string of the molecule is Cc1nn(C)c2n[nH]c(NC(=O)CCNS(=O)(=O)c3ccc(C(C)(C)C)cc3)c12. The van der Waals surface area contributed by atoms with Gasteiger partial charge in [0.2, 0.25) is 15.9 Å². The molecule has 0 unspecified atom stereocenters. The molecule has 0 bridgehead atoms. The van der Waals surface area contributed by atoms with Crippen LogP contribution in [0.4, 0.5) is 5.82 Å². The van der Waals surface area contributed by atoms with Crippen LogP contribution in [0.5, 0.6) is 0 Å². The summed E-state index contributed by atoms with van der Waals surface area (Å²) in [6.07, 6.45) is -0.0148. The van der Waals surface area contributed by atoms with E-state index >= 15 is 0 Å². The molecule has 0 spiro atoms. The van der Waals surface area contributed by atoms with Gasteiger partial charge in [0, 0.05) is 20.0 Å². The molecule has 2 aromatic heterocycles. The predicted molar refractivity (Wildman–Crippen MR) is 111 cm³/mol. The molecule has 9 nitrogen and oxygen atoms in total. The number of amides is 1. The van der Waals surface area contributed by atoms with Gasteiger partial charge >= 0.3 is 0 Å². The van der Waals surface area contributed by atoms with Crippen molar-refractivity contribution in [2.75, 3.05) is 11.9 Å². The molecule has 1 aromatic carbocycles. The number of hydrogen-bond donors (Lipinski definition) is 3. The fraction of sp³-hybridized carbons (Fsp3) is 0.421. The highest BCUT2D eigenvalue weighted by Gasteiger charge is 2.19. The summed E-state index contributed by atoms with van der Waals surface area (Å²) in [7, 11) is -1.91. The summed E-state index contributed by atoms with van der Waals surface area (Å²) in [5.41, 5.74) is 2.37. The summed E-state index contributed by atoms with van der Waals surface area (Å²) in [6.45, 7) is 8.00. The van der Waals surface area contributed by atoms with Crippen LogP contribution in [0.1, 0.15) is 38.4 Å². The van der Waals surface area contributed by atoms with Gasteiger partial charge in [-0.05, 0) is 30.0 Å². The Balaban J connectivity index is 1.59.